The molecule has 204 valence electrons. The monoisotopic (exact) mass is 494 g/mol. The van der Waals surface area contributed by atoms with E-state index < -0.39 is 0 Å². The predicted octanol–water partition coefficient (Wildman–Crippen LogP) is 11.1. The van der Waals surface area contributed by atoms with E-state index in [1.54, 1.807) is 0 Å². The minimum atomic E-state index is 0.576. The van der Waals surface area contributed by atoms with Crippen LogP contribution in [0, 0.1) is 5.92 Å². The standard InChI is InChI=1S/C34H58N2/c1-3-5-7-9-11-12-13-14-15-16-17-22-26-33(30-32-24-20-19-21-25-32)34(36-29-28-35-31-36)27-23-18-10-8-6-4-2/h19-21,24-25,28-29,31,33-34H,3-18,22-23,26-27,30H2,1-2H3. The summed E-state index contributed by atoms with van der Waals surface area (Å²) in [6.45, 7) is 4.61. The molecule has 0 aliphatic heterocycles. The van der Waals surface area contributed by atoms with Gasteiger partial charge >= 0.3 is 0 Å². The van der Waals surface area contributed by atoms with E-state index in [0.717, 1.165) is 0 Å². The second kappa shape index (κ2) is 21.5. The molecule has 0 radical (unpaired) electrons. The first-order chi connectivity index (χ1) is 17.8. The maximum absolute atomic E-state index is 4.43. The molecule has 0 aliphatic carbocycles. The molecule has 2 nitrogen and oxygen atoms in total. The predicted molar refractivity (Wildman–Crippen MR) is 159 cm³/mol. The van der Waals surface area contributed by atoms with E-state index in [-0.39, 0.29) is 0 Å². The highest BCUT2D eigenvalue weighted by Crippen LogP contribution is 2.32. The van der Waals surface area contributed by atoms with Gasteiger partial charge in [0.2, 0.25) is 0 Å². The normalized spacial score (nSPS) is 13.2. The van der Waals surface area contributed by atoms with Crippen LogP contribution >= 0.6 is 0 Å². The lowest BCUT2D eigenvalue weighted by molar-refractivity contribution is 0.275. The van der Waals surface area contributed by atoms with Crippen molar-refractivity contribution in [1.29, 1.82) is 0 Å². The van der Waals surface area contributed by atoms with Crippen LogP contribution in [0.25, 0.3) is 0 Å². The van der Waals surface area contributed by atoms with Gasteiger partial charge in [-0.1, -0.05) is 160 Å². The molecule has 36 heavy (non-hydrogen) atoms. The Morgan fingerprint density at radius 1 is 0.611 bits per heavy atom. The Balaban J connectivity index is 1.78. The quantitative estimate of drug-likeness (QED) is 0.133. The van der Waals surface area contributed by atoms with Gasteiger partial charge in [0.1, 0.15) is 0 Å². The molecular weight excluding hydrogens is 436 g/mol. The SMILES string of the molecule is CCCCCCCCCCCCCCC(Cc1ccccc1)C(CCCCCCCC)n1ccnc1. The molecular formula is C34H58N2. The number of benzene rings is 1. The summed E-state index contributed by atoms with van der Waals surface area (Å²) in [7, 11) is 0. The van der Waals surface area contributed by atoms with Gasteiger partial charge in [0, 0.05) is 18.4 Å². The van der Waals surface area contributed by atoms with Crippen molar-refractivity contribution >= 4 is 0 Å². The van der Waals surface area contributed by atoms with Gasteiger partial charge in [0.05, 0.1) is 6.33 Å². The van der Waals surface area contributed by atoms with Crippen LogP contribution in [0.15, 0.2) is 49.1 Å². The molecule has 0 aliphatic rings. The number of imidazole rings is 1. The van der Waals surface area contributed by atoms with Crippen LogP contribution in [-0.4, -0.2) is 9.55 Å². The Morgan fingerprint density at radius 3 is 1.61 bits per heavy atom. The summed E-state index contributed by atoms with van der Waals surface area (Å²) in [6.07, 6.45) is 35.4. The maximum atomic E-state index is 4.43. The van der Waals surface area contributed by atoms with Crippen LogP contribution in [0.3, 0.4) is 0 Å². The zero-order valence-electron chi connectivity index (χ0n) is 24.0. The van der Waals surface area contributed by atoms with Crippen molar-refractivity contribution < 1.29 is 0 Å². The number of unbranched alkanes of at least 4 members (excludes halogenated alkanes) is 16. The number of hydrogen-bond donors (Lipinski definition) is 0. The average molecular weight is 495 g/mol. The molecule has 1 aromatic carbocycles. The first-order valence-electron chi connectivity index (χ1n) is 15.9. The molecule has 2 atom stereocenters. The molecule has 0 amide bonds. The van der Waals surface area contributed by atoms with Crippen molar-refractivity contribution in [2.24, 2.45) is 5.92 Å². The average Bonchev–Trinajstić information content (AvgIpc) is 3.44. The molecule has 2 unspecified atom stereocenters. The Labute approximate surface area is 224 Å². The van der Waals surface area contributed by atoms with Gasteiger partial charge in [0.25, 0.3) is 0 Å². The molecule has 2 aromatic rings. The number of aromatic nitrogens is 2. The van der Waals surface area contributed by atoms with E-state index in [4.69, 9.17) is 0 Å². The van der Waals surface area contributed by atoms with Crippen molar-refractivity contribution in [3.05, 3.63) is 54.6 Å². The fourth-order valence-electron chi connectivity index (χ4n) is 5.82. The van der Waals surface area contributed by atoms with E-state index in [2.05, 4.69) is 66.3 Å². The molecule has 0 N–H and O–H groups in total. The van der Waals surface area contributed by atoms with E-state index in [1.165, 1.54) is 140 Å². The molecule has 0 saturated carbocycles. The minimum Gasteiger partial charge on any atom is -0.334 e. The zero-order valence-corrected chi connectivity index (χ0v) is 24.0. The van der Waals surface area contributed by atoms with E-state index in [9.17, 15) is 0 Å². The van der Waals surface area contributed by atoms with Crippen molar-refractivity contribution in [2.45, 2.75) is 155 Å². The van der Waals surface area contributed by atoms with Crippen LogP contribution in [0.4, 0.5) is 0 Å². The highest BCUT2D eigenvalue weighted by molar-refractivity contribution is 5.15. The third-order valence-corrected chi connectivity index (χ3v) is 8.07. The summed E-state index contributed by atoms with van der Waals surface area (Å²) in [4.78, 5) is 4.43. The Hall–Kier alpha value is -1.57. The molecule has 2 rings (SSSR count). The topological polar surface area (TPSA) is 17.8 Å². The fraction of sp³-hybridized carbons (Fsp3) is 0.735. The maximum Gasteiger partial charge on any atom is 0.0948 e. The van der Waals surface area contributed by atoms with E-state index >= 15 is 0 Å². The molecule has 0 spiro atoms. The summed E-state index contributed by atoms with van der Waals surface area (Å²) in [6, 6.07) is 11.8. The minimum absolute atomic E-state index is 0.576. The molecule has 0 fully saturated rings. The largest absolute Gasteiger partial charge is 0.334 e. The third-order valence-electron chi connectivity index (χ3n) is 8.07. The van der Waals surface area contributed by atoms with Gasteiger partial charge in [0.15, 0.2) is 0 Å². The lowest BCUT2D eigenvalue weighted by Crippen LogP contribution is -2.21. The molecule has 1 aromatic heterocycles. The van der Waals surface area contributed by atoms with Gasteiger partial charge in [-0.2, -0.15) is 0 Å². The molecule has 0 bridgehead atoms. The zero-order chi connectivity index (χ0) is 25.5. The van der Waals surface area contributed by atoms with Crippen molar-refractivity contribution in [2.75, 3.05) is 0 Å². The van der Waals surface area contributed by atoms with E-state index in [0.29, 0.717) is 12.0 Å². The molecule has 2 heteroatoms. The van der Waals surface area contributed by atoms with Crippen LogP contribution in [0.2, 0.25) is 0 Å². The second-order valence-corrected chi connectivity index (χ2v) is 11.3. The first kappa shape index (κ1) is 30.7. The lowest BCUT2D eigenvalue weighted by atomic mass is 9.84. The van der Waals surface area contributed by atoms with E-state index in [1.807, 2.05) is 6.20 Å². The van der Waals surface area contributed by atoms with Crippen LogP contribution in [-0.2, 0) is 6.42 Å². The summed E-state index contributed by atoms with van der Waals surface area (Å²) >= 11 is 0. The van der Waals surface area contributed by atoms with Crippen LogP contribution in [0.1, 0.15) is 154 Å². The first-order valence-corrected chi connectivity index (χ1v) is 15.9. The Morgan fingerprint density at radius 2 is 1.11 bits per heavy atom. The van der Waals surface area contributed by atoms with Gasteiger partial charge in [-0.15, -0.1) is 0 Å². The Kier molecular flexibility index (Phi) is 18.3. The van der Waals surface area contributed by atoms with Gasteiger partial charge in [-0.25, -0.2) is 4.98 Å². The van der Waals surface area contributed by atoms with Crippen molar-refractivity contribution in [3.8, 4) is 0 Å². The number of nitrogens with zero attached hydrogens (tertiary/aromatic N) is 2. The van der Waals surface area contributed by atoms with Crippen molar-refractivity contribution in [1.82, 2.24) is 9.55 Å². The number of rotatable bonds is 24. The van der Waals surface area contributed by atoms with Gasteiger partial charge < -0.3 is 4.57 Å². The fourth-order valence-corrected chi connectivity index (χ4v) is 5.82. The van der Waals surface area contributed by atoms with Crippen LogP contribution in [0.5, 0.6) is 0 Å². The van der Waals surface area contributed by atoms with Gasteiger partial charge in [-0.05, 0) is 30.7 Å². The molecule has 0 saturated heterocycles. The summed E-state index contributed by atoms with van der Waals surface area (Å²) < 4.78 is 2.43. The summed E-state index contributed by atoms with van der Waals surface area (Å²) in [5.74, 6) is 0.695. The van der Waals surface area contributed by atoms with Gasteiger partial charge in [-0.3, -0.25) is 0 Å². The smallest absolute Gasteiger partial charge is 0.0948 e. The highest BCUT2D eigenvalue weighted by Gasteiger charge is 2.23. The number of hydrogen-bond acceptors (Lipinski definition) is 1. The molecule has 1 heterocycles. The van der Waals surface area contributed by atoms with Crippen molar-refractivity contribution in [3.63, 3.8) is 0 Å². The summed E-state index contributed by atoms with van der Waals surface area (Å²) in [5.41, 5.74) is 1.49. The summed E-state index contributed by atoms with van der Waals surface area (Å²) in [5, 5.41) is 0. The Bertz CT molecular complexity index is 693. The lowest BCUT2D eigenvalue weighted by Gasteiger charge is -2.29. The highest BCUT2D eigenvalue weighted by atomic mass is 15.1. The second-order valence-electron chi connectivity index (χ2n) is 11.3. The van der Waals surface area contributed by atoms with Crippen LogP contribution < -0.4 is 0 Å². The third kappa shape index (κ3) is 14.2.